The number of carbonyl (C=O) groups is 2. The van der Waals surface area contributed by atoms with Gasteiger partial charge in [-0.3, -0.25) is 14.4 Å². The van der Waals surface area contributed by atoms with E-state index in [2.05, 4.69) is 5.16 Å². The van der Waals surface area contributed by atoms with E-state index in [0.29, 0.717) is 0 Å². The van der Waals surface area contributed by atoms with E-state index in [9.17, 15) is 9.59 Å². The zero-order valence-electron chi connectivity index (χ0n) is 12.3. The smallest absolute Gasteiger partial charge is 0.306 e. The van der Waals surface area contributed by atoms with E-state index in [1.807, 2.05) is 30.3 Å². The Morgan fingerprint density at radius 3 is 2.73 bits per heavy atom. The fraction of sp³-hybridized carbons (Fsp3) is 0.357. The van der Waals surface area contributed by atoms with Crippen LogP contribution in [0.5, 0.6) is 0 Å². The summed E-state index contributed by atoms with van der Waals surface area (Å²) >= 11 is 0.939. The van der Waals surface area contributed by atoms with Crippen molar-refractivity contribution in [1.29, 1.82) is 0 Å². The second-order valence-electron chi connectivity index (χ2n) is 4.87. The molecule has 1 N–H and O–H groups in total. The Morgan fingerprint density at radius 1 is 1.45 bits per heavy atom. The Morgan fingerprint density at radius 2 is 2.14 bits per heavy atom. The molecule has 2 amide bonds. The van der Waals surface area contributed by atoms with Crippen molar-refractivity contribution in [2.45, 2.75) is 11.9 Å². The van der Waals surface area contributed by atoms with Crippen LogP contribution in [-0.4, -0.2) is 57.9 Å². The summed E-state index contributed by atoms with van der Waals surface area (Å²) in [6.07, 6.45) is 0. The predicted molar refractivity (Wildman–Crippen MR) is 82.2 cm³/mol. The molecule has 2 rings (SSSR count). The fourth-order valence-electron chi connectivity index (χ4n) is 1.88. The number of thioether (sulfide) groups is 1. The molecule has 1 aromatic rings. The summed E-state index contributed by atoms with van der Waals surface area (Å²) in [7, 11) is 3.26. The van der Waals surface area contributed by atoms with Crippen molar-refractivity contribution >= 4 is 28.6 Å². The lowest BCUT2D eigenvalue weighted by molar-refractivity contribution is -0.185. The molecule has 0 bridgehead atoms. The zero-order chi connectivity index (χ0) is 16.1. The summed E-state index contributed by atoms with van der Waals surface area (Å²) in [5.41, 5.74) is 0.895. The molecule has 1 aliphatic heterocycles. The van der Waals surface area contributed by atoms with Gasteiger partial charge >= 0.3 is 5.91 Å². The van der Waals surface area contributed by atoms with Gasteiger partial charge < -0.3 is 10.1 Å². The van der Waals surface area contributed by atoms with Crippen LogP contribution in [0, 0.1) is 0 Å². The molecule has 8 heteroatoms. The minimum atomic E-state index is -0.561. The van der Waals surface area contributed by atoms with E-state index in [1.54, 1.807) is 14.1 Å². The molecular formula is C14H17N3O4S. The molecule has 118 valence electrons. The van der Waals surface area contributed by atoms with E-state index in [0.717, 1.165) is 22.4 Å². The van der Waals surface area contributed by atoms with Crippen molar-refractivity contribution in [3.63, 3.8) is 0 Å². The Labute approximate surface area is 132 Å². The summed E-state index contributed by atoms with van der Waals surface area (Å²) in [5, 5.41) is 12.3. The normalized spacial score (nSPS) is 20.3. The van der Waals surface area contributed by atoms with Crippen molar-refractivity contribution in [1.82, 2.24) is 9.96 Å². The molecule has 0 radical (unpaired) electrons. The van der Waals surface area contributed by atoms with Gasteiger partial charge in [0.2, 0.25) is 11.0 Å². The molecule has 1 heterocycles. The zero-order valence-corrected chi connectivity index (χ0v) is 13.1. The highest BCUT2D eigenvalue weighted by molar-refractivity contribution is 8.16. The first-order valence-electron chi connectivity index (χ1n) is 6.61. The topological polar surface area (TPSA) is 82.4 Å². The van der Waals surface area contributed by atoms with Crippen LogP contribution in [0.4, 0.5) is 0 Å². The number of oxime groups is 1. The third kappa shape index (κ3) is 3.77. The highest BCUT2D eigenvalue weighted by Crippen LogP contribution is 2.24. The average Bonchev–Trinajstić information content (AvgIpc) is 2.54. The largest absolute Gasteiger partial charge is 0.410 e. The molecule has 1 aliphatic rings. The first-order valence-corrected chi connectivity index (χ1v) is 7.49. The Kier molecular flexibility index (Phi) is 5.40. The molecule has 7 nitrogen and oxygen atoms in total. The van der Waals surface area contributed by atoms with Gasteiger partial charge in [0, 0.05) is 14.1 Å². The number of amides is 2. The number of rotatable bonds is 4. The van der Waals surface area contributed by atoms with Gasteiger partial charge in [-0.05, 0) is 5.56 Å². The van der Waals surface area contributed by atoms with E-state index in [4.69, 9.17) is 10.0 Å². The van der Waals surface area contributed by atoms with Crippen LogP contribution < -0.4 is 0 Å². The van der Waals surface area contributed by atoms with Gasteiger partial charge in [0.1, 0.15) is 11.9 Å². The van der Waals surface area contributed by atoms with Crippen LogP contribution in [0.3, 0.4) is 0 Å². The fourth-order valence-corrected chi connectivity index (χ4v) is 2.92. The van der Waals surface area contributed by atoms with Gasteiger partial charge in [0.15, 0.2) is 0 Å². The van der Waals surface area contributed by atoms with Crippen molar-refractivity contribution < 1.29 is 19.6 Å². The SMILES string of the molecule is CN(C)C(=O)C1CN(OCc2ccccc2)C(=O)C(=NO)S1. The number of hydrogen-bond acceptors (Lipinski definition) is 6. The van der Waals surface area contributed by atoms with Crippen molar-refractivity contribution in [3.8, 4) is 0 Å². The lowest BCUT2D eigenvalue weighted by atomic mass is 10.2. The first kappa shape index (κ1) is 16.3. The van der Waals surface area contributed by atoms with E-state index in [1.165, 1.54) is 4.90 Å². The highest BCUT2D eigenvalue weighted by Gasteiger charge is 2.37. The molecule has 1 saturated heterocycles. The molecule has 1 aromatic carbocycles. The maximum absolute atomic E-state index is 12.1. The second-order valence-corrected chi connectivity index (χ2v) is 6.06. The van der Waals surface area contributed by atoms with E-state index < -0.39 is 11.2 Å². The van der Waals surface area contributed by atoms with Crippen LogP contribution in [0.1, 0.15) is 5.56 Å². The van der Waals surface area contributed by atoms with Crippen molar-refractivity contribution in [3.05, 3.63) is 35.9 Å². The van der Waals surface area contributed by atoms with Crippen molar-refractivity contribution in [2.75, 3.05) is 20.6 Å². The van der Waals surface area contributed by atoms with Crippen LogP contribution >= 0.6 is 11.8 Å². The molecule has 0 spiro atoms. The molecule has 1 fully saturated rings. The third-order valence-corrected chi connectivity index (χ3v) is 4.15. The van der Waals surface area contributed by atoms with Crippen molar-refractivity contribution in [2.24, 2.45) is 5.16 Å². The third-order valence-electron chi connectivity index (χ3n) is 3.03. The lowest BCUT2D eigenvalue weighted by Crippen LogP contribution is -2.49. The van der Waals surface area contributed by atoms with Gasteiger partial charge in [-0.15, -0.1) is 0 Å². The first-order chi connectivity index (χ1) is 10.5. The summed E-state index contributed by atoms with van der Waals surface area (Å²) in [6, 6.07) is 9.35. The molecule has 1 unspecified atom stereocenters. The van der Waals surface area contributed by atoms with Crippen LogP contribution in [0.25, 0.3) is 0 Å². The van der Waals surface area contributed by atoms with Gasteiger partial charge in [-0.2, -0.15) is 0 Å². The summed E-state index contributed by atoms with van der Waals surface area (Å²) < 4.78 is 0. The van der Waals surface area contributed by atoms with E-state index in [-0.39, 0.29) is 24.1 Å². The highest BCUT2D eigenvalue weighted by atomic mass is 32.2. The Bertz CT molecular complexity index is 577. The van der Waals surface area contributed by atoms with Crippen LogP contribution in [0.15, 0.2) is 35.5 Å². The lowest BCUT2D eigenvalue weighted by Gasteiger charge is -2.31. The maximum Gasteiger partial charge on any atom is 0.306 e. The molecular weight excluding hydrogens is 306 g/mol. The monoisotopic (exact) mass is 323 g/mol. The van der Waals surface area contributed by atoms with Gasteiger partial charge in [0.25, 0.3) is 0 Å². The minimum absolute atomic E-state index is 0.104. The van der Waals surface area contributed by atoms with Gasteiger partial charge in [-0.25, -0.2) is 5.06 Å². The Hall–Kier alpha value is -2.06. The van der Waals surface area contributed by atoms with Gasteiger partial charge in [0.05, 0.1) is 6.54 Å². The second kappa shape index (κ2) is 7.28. The number of nitrogens with zero attached hydrogens (tertiary/aromatic N) is 3. The summed E-state index contributed by atoms with van der Waals surface area (Å²) in [4.78, 5) is 31.1. The summed E-state index contributed by atoms with van der Waals surface area (Å²) in [5.74, 6) is -0.724. The standard InChI is InChI=1S/C14H17N3O4S/c1-16(2)13(18)11-8-17(14(19)12(15-20)22-11)21-9-10-6-4-3-5-7-10/h3-7,11,20H,8-9H2,1-2H3. The van der Waals surface area contributed by atoms with Crippen LogP contribution in [-0.2, 0) is 21.0 Å². The molecule has 0 aromatic heterocycles. The number of hydrogen-bond donors (Lipinski definition) is 1. The number of benzene rings is 1. The van der Waals surface area contributed by atoms with Crippen LogP contribution in [0.2, 0.25) is 0 Å². The molecule has 0 saturated carbocycles. The summed E-state index contributed by atoms with van der Waals surface area (Å²) in [6.45, 7) is 0.297. The quantitative estimate of drug-likeness (QED) is 0.658. The Balaban J connectivity index is 2.07. The molecule has 0 aliphatic carbocycles. The number of hydroxylamine groups is 2. The maximum atomic E-state index is 12.1. The average molecular weight is 323 g/mol. The molecule has 22 heavy (non-hydrogen) atoms. The predicted octanol–water partition coefficient (Wildman–Crippen LogP) is 0.938. The van der Waals surface area contributed by atoms with Gasteiger partial charge in [-0.1, -0.05) is 47.2 Å². The minimum Gasteiger partial charge on any atom is -0.410 e. The molecule has 1 atom stereocenters. The number of carbonyl (C=O) groups excluding carboxylic acids is 2. The van der Waals surface area contributed by atoms with E-state index >= 15 is 0 Å².